The van der Waals surface area contributed by atoms with Gasteiger partial charge in [0.1, 0.15) is 0 Å². The fourth-order valence-corrected chi connectivity index (χ4v) is 4.65. The molecule has 2 N–H and O–H groups in total. The Balaban J connectivity index is 1.80. The number of amides is 1. The van der Waals surface area contributed by atoms with Crippen LogP contribution in [0.15, 0.2) is 52.5 Å². The number of fused-ring (bicyclic) bond motifs is 7. The van der Waals surface area contributed by atoms with Crippen molar-refractivity contribution in [2.24, 2.45) is 0 Å². The third kappa shape index (κ3) is 1.79. The number of aromatic nitrogens is 4. The predicted molar refractivity (Wildman–Crippen MR) is 104 cm³/mol. The number of hydrogen-bond acceptors (Lipinski definition) is 7. The molecule has 0 bridgehead atoms. The van der Waals surface area contributed by atoms with Crippen molar-refractivity contribution in [3.8, 4) is 0 Å². The largest absolute Gasteiger partial charge is 0.323 e. The van der Waals surface area contributed by atoms with Gasteiger partial charge in [-0.05, 0) is 28.6 Å². The van der Waals surface area contributed by atoms with E-state index in [1.807, 2.05) is 0 Å². The topological polar surface area (TPSA) is 119 Å². The van der Waals surface area contributed by atoms with Gasteiger partial charge in [-0.15, -0.1) is 0 Å². The monoisotopic (exact) mass is 448 g/mol. The molecule has 29 heavy (non-hydrogen) atoms. The highest BCUT2D eigenvalue weighted by atomic mass is 79.9. The molecule has 0 radical (unpaired) electrons. The van der Waals surface area contributed by atoms with Crippen LogP contribution in [0.1, 0.15) is 21.5 Å². The van der Waals surface area contributed by atoms with Crippen LogP contribution in [0, 0.1) is 0 Å². The Kier molecular flexibility index (Phi) is 2.94. The number of carbonyl (C=O) groups is 3. The Bertz CT molecular complexity index is 1340. The highest BCUT2D eigenvalue weighted by Gasteiger charge is 2.61. The summed E-state index contributed by atoms with van der Waals surface area (Å²) < 4.78 is 1.97. The summed E-state index contributed by atoms with van der Waals surface area (Å²) in [4.78, 5) is 39.7. The Morgan fingerprint density at radius 2 is 1.76 bits per heavy atom. The SMILES string of the molecule is O=C1C(=O)c2ccccc2C2=C1C1(C(=O)Nc3ccc(Br)cc31)n1nnnc1N2. The number of ketones is 2. The summed E-state index contributed by atoms with van der Waals surface area (Å²) in [6.45, 7) is 0. The summed E-state index contributed by atoms with van der Waals surface area (Å²) in [5, 5.41) is 17.5. The molecule has 9 nitrogen and oxygen atoms in total. The molecule has 140 valence electrons. The van der Waals surface area contributed by atoms with Crippen LogP contribution in [-0.2, 0) is 15.1 Å². The molecule has 1 unspecified atom stereocenters. The molecular weight excluding hydrogens is 440 g/mol. The van der Waals surface area contributed by atoms with Gasteiger partial charge in [0.15, 0.2) is 0 Å². The van der Waals surface area contributed by atoms with E-state index >= 15 is 0 Å². The maximum Gasteiger partial charge on any atom is 0.262 e. The van der Waals surface area contributed by atoms with E-state index in [1.165, 1.54) is 4.68 Å². The molecule has 1 amide bonds. The summed E-state index contributed by atoms with van der Waals surface area (Å²) >= 11 is 3.42. The number of nitrogens with zero attached hydrogens (tertiary/aromatic N) is 4. The van der Waals surface area contributed by atoms with E-state index in [0.29, 0.717) is 27.0 Å². The minimum atomic E-state index is -1.70. The van der Waals surface area contributed by atoms with Crippen LogP contribution >= 0.6 is 15.9 Å². The molecule has 1 aliphatic carbocycles. The lowest BCUT2D eigenvalue weighted by atomic mass is 9.73. The van der Waals surface area contributed by atoms with E-state index < -0.39 is 23.0 Å². The van der Waals surface area contributed by atoms with E-state index in [1.54, 1.807) is 42.5 Å². The molecule has 6 rings (SSSR count). The molecule has 1 spiro atoms. The van der Waals surface area contributed by atoms with E-state index in [4.69, 9.17) is 0 Å². The molecule has 1 atom stereocenters. The molecule has 2 aromatic carbocycles. The normalized spacial score (nSPS) is 21.3. The van der Waals surface area contributed by atoms with Gasteiger partial charge in [-0.2, -0.15) is 4.68 Å². The minimum absolute atomic E-state index is 0.00958. The van der Waals surface area contributed by atoms with Crippen LogP contribution < -0.4 is 10.6 Å². The highest BCUT2D eigenvalue weighted by Crippen LogP contribution is 2.51. The second-order valence-electron chi connectivity index (χ2n) is 6.85. The zero-order valence-electron chi connectivity index (χ0n) is 14.4. The average Bonchev–Trinajstić information content (AvgIpc) is 3.30. The quantitative estimate of drug-likeness (QED) is 0.502. The lowest BCUT2D eigenvalue weighted by Gasteiger charge is -2.37. The summed E-state index contributed by atoms with van der Waals surface area (Å²) in [6, 6.07) is 12.0. The van der Waals surface area contributed by atoms with Gasteiger partial charge >= 0.3 is 0 Å². The first kappa shape index (κ1) is 16.3. The molecule has 10 heteroatoms. The number of nitrogens with one attached hydrogen (secondary N) is 2. The molecule has 3 heterocycles. The molecule has 2 aliphatic heterocycles. The van der Waals surface area contributed by atoms with Crippen molar-refractivity contribution in [2.45, 2.75) is 5.54 Å². The zero-order chi connectivity index (χ0) is 19.9. The van der Waals surface area contributed by atoms with Gasteiger partial charge in [-0.25, -0.2) is 0 Å². The number of benzene rings is 2. The van der Waals surface area contributed by atoms with Crippen molar-refractivity contribution in [3.63, 3.8) is 0 Å². The maximum atomic E-state index is 13.4. The summed E-state index contributed by atoms with van der Waals surface area (Å²) in [5.74, 6) is -1.75. The molecule has 3 aromatic rings. The second kappa shape index (κ2) is 5.23. The van der Waals surface area contributed by atoms with Crippen molar-refractivity contribution in [3.05, 3.63) is 69.2 Å². The summed E-state index contributed by atoms with van der Waals surface area (Å²) in [5.41, 5.74) is 0.474. The number of halogens is 1. The van der Waals surface area contributed by atoms with Gasteiger partial charge in [-0.3, -0.25) is 14.4 Å². The van der Waals surface area contributed by atoms with Crippen LogP contribution in [0.2, 0.25) is 0 Å². The third-order valence-electron chi connectivity index (χ3n) is 5.46. The van der Waals surface area contributed by atoms with Gasteiger partial charge < -0.3 is 10.6 Å². The predicted octanol–water partition coefficient (Wildman–Crippen LogP) is 1.73. The van der Waals surface area contributed by atoms with Crippen molar-refractivity contribution >= 4 is 50.7 Å². The fraction of sp³-hybridized carbons (Fsp3) is 0.0526. The molecule has 3 aliphatic rings. The smallest absolute Gasteiger partial charge is 0.262 e. The maximum absolute atomic E-state index is 13.4. The first-order valence-corrected chi connectivity index (χ1v) is 9.43. The van der Waals surface area contributed by atoms with Crippen molar-refractivity contribution in [1.82, 2.24) is 20.2 Å². The Morgan fingerprint density at radius 1 is 0.966 bits per heavy atom. The zero-order valence-corrected chi connectivity index (χ0v) is 16.0. The van der Waals surface area contributed by atoms with Crippen molar-refractivity contribution in [1.29, 1.82) is 0 Å². The van der Waals surface area contributed by atoms with Gasteiger partial charge in [0, 0.05) is 26.9 Å². The minimum Gasteiger partial charge on any atom is -0.323 e. The standard InChI is InChI=1S/C19H9BrN6O3/c20-8-5-6-12-11(7-8)19(17(29)21-12)13-14(22-18-23-24-25-26(18)19)9-3-1-2-4-10(9)15(27)16(13)28/h1-7H,(H,21,29)(H,22,23,25). The number of rotatable bonds is 0. The lowest BCUT2D eigenvalue weighted by molar-refractivity contribution is -0.123. The second-order valence-corrected chi connectivity index (χ2v) is 7.76. The molecule has 1 aromatic heterocycles. The Morgan fingerprint density at radius 3 is 2.59 bits per heavy atom. The molecular formula is C19H9BrN6O3. The number of Topliss-reactive ketones (excluding diaryl/α,β-unsaturated/α-hetero) is 2. The molecule has 0 saturated carbocycles. The number of tetrazole rings is 1. The van der Waals surface area contributed by atoms with Crippen molar-refractivity contribution < 1.29 is 14.4 Å². The van der Waals surface area contributed by atoms with E-state index in [-0.39, 0.29) is 17.1 Å². The van der Waals surface area contributed by atoms with Crippen molar-refractivity contribution in [2.75, 3.05) is 10.6 Å². The summed E-state index contributed by atoms with van der Waals surface area (Å²) in [7, 11) is 0. The number of hydrogen-bond donors (Lipinski definition) is 2. The van der Waals surface area contributed by atoms with Gasteiger partial charge in [0.2, 0.25) is 23.1 Å². The van der Waals surface area contributed by atoms with Crippen LogP contribution in [-0.4, -0.2) is 37.7 Å². The highest BCUT2D eigenvalue weighted by molar-refractivity contribution is 9.10. The lowest BCUT2D eigenvalue weighted by Crippen LogP contribution is -2.52. The van der Waals surface area contributed by atoms with Crippen LogP contribution in [0.3, 0.4) is 0 Å². The fourth-order valence-electron chi connectivity index (χ4n) is 4.29. The molecule has 0 fully saturated rings. The van der Waals surface area contributed by atoms with Gasteiger partial charge in [-0.1, -0.05) is 45.3 Å². The van der Waals surface area contributed by atoms with E-state index in [9.17, 15) is 14.4 Å². The first-order valence-electron chi connectivity index (χ1n) is 8.64. The van der Waals surface area contributed by atoms with Gasteiger partial charge in [0.25, 0.3) is 5.91 Å². The van der Waals surface area contributed by atoms with E-state index in [0.717, 1.165) is 0 Å². The van der Waals surface area contributed by atoms with Crippen LogP contribution in [0.4, 0.5) is 11.6 Å². The summed E-state index contributed by atoms with van der Waals surface area (Å²) in [6.07, 6.45) is 0. The van der Waals surface area contributed by atoms with E-state index in [2.05, 4.69) is 42.1 Å². The van der Waals surface area contributed by atoms with Crippen LogP contribution in [0.5, 0.6) is 0 Å². The van der Waals surface area contributed by atoms with Crippen LogP contribution in [0.25, 0.3) is 5.70 Å². The first-order chi connectivity index (χ1) is 14.0. The third-order valence-corrected chi connectivity index (χ3v) is 5.95. The van der Waals surface area contributed by atoms with Gasteiger partial charge in [0.05, 0.1) is 11.3 Å². The molecule has 0 saturated heterocycles. The Hall–Kier alpha value is -3.66. The number of carbonyl (C=O) groups excluding carboxylic acids is 3. The number of anilines is 2. The average molecular weight is 449 g/mol. The Labute approximate surface area is 170 Å².